The van der Waals surface area contributed by atoms with E-state index in [0.29, 0.717) is 11.7 Å². The van der Waals surface area contributed by atoms with Crippen LogP contribution in [0.2, 0.25) is 5.15 Å². The molecule has 0 spiro atoms. The van der Waals surface area contributed by atoms with Crippen molar-refractivity contribution in [2.75, 3.05) is 0 Å². The van der Waals surface area contributed by atoms with Gasteiger partial charge in [0.25, 0.3) is 0 Å². The summed E-state index contributed by atoms with van der Waals surface area (Å²) in [7, 11) is 0. The van der Waals surface area contributed by atoms with Gasteiger partial charge in [0.05, 0.1) is 6.54 Å². The lowest BCUT2D eigenvalue weighted by molar-refractivity contribution is 0.912. The van der Waals surface area contributed by atoms with Crippen LogP contribution in [0.25, 0.3) is 11.3 Å². The standard InChI is InChI=1S/C13H14ClN3/c14-13-12(16-11(7-15)17-13)10-5-4-8-2-1-3-9(8)6-10/h4-6H,1-3,7,15H2,(H,16,17). The molecule has 0 amide bonds. The highest BCUT2D eigenvalue weighted by Gasteiger charge is 2.14. The molecule has 0 saturated heterocycles. The number of aromatic nitrogens is 2. The summed E-state index contributed by atoms with van der Waals surface area (Å²) in [5.74, 6) is 0.727. The monoisotopic (exact) mass is 247 g/mol. The SMILES string of the molecule is NCc1nc(-c2ccc3c(c2)CCC3)c(Cl)[nH]1. The Morgan fingerprint density at radius 3 is 2.88 bits per heavy atom. The number of nitrogens with zero attached hydrogens (tertiary/aromatic N) is 1. The second-order valence-corrected chi connectivity index (χ2v) is 4.77. The number of hydrogen-bond donors (Lipinski definition) is 2. The minimum absolute atomic E-state index is 0.380. The Bertz CT molecular complexity index is 560. The topological polar surface area (TPSA) is 54.7 Å². The minimum atomic E-state index is 0.380. The third-order valence-electron chi connectivity index (χ3n) is 3.27. The summed E-state index contributed by atoms with van der Waals surface area (Å²) in [6, 6.07) is 6.47. The molecule has 88 valence electrons. The summed E-state index contributed by atoms with van der Waals surface area (Å²) in [4.78, 5) is 7.40. The Balaban J connectivity index is 2.06. The third-order valence-corrected chi connectivity index (χ3v) is 3.55. The second kappa shape index (κ2) is 4.17. The highest BCUT2D eigenvalue weighted by atomic mass is 35.5. The number of imidazole rings is 1. The van der Waals surface area contributed by atoms with Gasteiger partial charge in [0, 0.05) is 5.56 Å². The Labute approximate surface area is 105 Å². The zero-order valence-corrected chi connectivity index (χ0v) is 10.2. The first kappa shape index (κ1) is 10.8. The van der Waals surface area contributed by atoms with Crippen LogP contribution in [0.5, 0.6) is 0 Å². The highest BCUT2D eigenvalue weighted by molar-refractivity contribution is 6.31. The van der Waals surface area contributed by atoms with Gasteiger partial charge in [-0.3, -0.25) is 0 Å². The first-order valence-corrected chi connectivity index (χ1v) is 6.22. The molecule has 3 rings (SSSR count). The molecule has 17 heavy (non-hydrogen) atoms. The third kappa shape index (κ3) is 1.85. The van der Waals surface area contributed by atoms with Gasteiger partial charge < -0.3 is 10.7 Å². The Morgan fingerprint density at radius 2 is 2.12 bits per heavy atom. The van der Waals surface area contributed by atoms with Crippen molar-refractivity contribution < 1.29 is 0 Å². The molecule has 1 heterocycles. The second-order valence-electron chi connectivity index (χ2n) is 4.39. The van der Waals surface area contributed by atoms with E-state index in [9.17, 15) is 0 Å². The van der Waals surface area contributed by atoms with Crippen LogP contribution in [-0.4, -0.2) is 9.97 Å². The maximum Gasteiger partial charge on any atom is 0.134 e. The minimum Gasteiger partial charge on any atom is -0.331 e. The fraction of sp³-hybridized carbons (Fsp3) is 0.308. The highest BCUT2D eigenvalue weighted by Crippen LogP contribution is 2.30. The zero-order chi connectivity index (χ0) is 11.8. The Kier molecular flexibility index (Phi) is 2.65. The fourth-order valence-electron chi connectivity index (χ4n) is 2.40. The quantitative estimate of drug-likeness (QED) is 0.857. The van der Waals surface area contributed by atoms with E-state index in [4.69, 9.17) is 17.3 Å². The van der Waals surface area contributed by atoms with E-state index < -0.39 is 0 Å². The molecule has 1 aliphatic carbocycles. The van der Waals surface area contributed by atoms with Crippen molar-refractivity contribution >= 4 is 11.6 Å². The first-order chi connectivity index (χ1) is 8.28. The van der Waals surface area contributed by atoms with E-state index >= 15 is 0 Å². The van der Waals surface area contributed by atoms with E-state index in [1.807, 2.05) is 0 Å². The van der Waals surface area contributed by atoms with Crippen LogP contribution in [-0.2, 0) is 19.4 Å². The van der Waals surface area contributed by atoms with Gasteiger partial charge in [0.2, 0.25) is 0 Å². The van der Waals surface area contributed by atoms with E-state index in [2.05, 4.69) is 28.2 Å². The van der Waals surface area contributed by atoms with Gasteiger partial charge in [0.15, 0.2) is 0 Å². The van der Waals surface area contributed by atoms with Crippen molar-refractivity contribution in [1.82, 2.24) is 9.97 Å². The number of nitrogens with two attached hydrogens (primary N) is 1. The van der Waals surface area contributed by atoms with Crippen LogP contribution in [0, 0.1) is 0 Å². The van der Waals surface area contributed by atoms with Crippen molar-refractivity contribution in [3.63, 3.8) is 0 Å². The number of aryl methyl sites for hydroxylation is 2. The molecule has 0 saturated carbocycles. The molecule has 0 aliphatic heterocycles. The van der Waals surface area contributed by atoms with E-state index in [0.717, 1.165) is 23.5 Å². The number of halogens is 1. The number of hydrogen-bond acceptors (Lipinski definition) is 2. The number of rotatable bonds is 2. The van der Waals surface area contributed by atoms with Crippen molar-refractivity contribution in [2.24, 2.45) is 5.73 Å². The number of fused-ring (bicyclic) bond motifs is 1. The summed E-state index contributed by atoms with van der Waals surface area (Å²) >= 11 is 6.14. The Hall–Kier alpha value is -1.32. The number of aromatic amines is 1. The summed E-state index contributed by atoms with van der Waals surface area (Å²) in [5.41, 5.74) is 10.3. The van der Waals surface area contributed by atoms with Crippen LogP contribution in [0.15, 0.2) is 18.2 Å². The van der Waals surface area contributed by atoms with Crippen molar-refractivity contribution in [1.29, 1.82) is 0 Å². The summed E-state index contributed by atoms with van der Waals surface area (Å²) < 4.78 is 0. The summed E-state index contributed by atoms with van der Waals surface area (Å²) in [5, 5.41) is 0.573. The van der Waals surface area contributed by atoms with Gasteiger partial charge in [-0.2, -0.15) is 0 Å². The first-order valence-electron chi connectivity index (χ1n) is 5.84. The summed E-state index contributed by atoms with van der Waals surface area (Å²) in [6.07, 6.45) is 3.61. The fourth-order valence-corrected chi connectivity index (χ4v) is 2.67. The molecule has 0 fully saturated rings. The number of nitrogens with one attached hydrogen (secondary N) is 1. The maximum absolute atomic E-state index is 6.14. The lowest BCUT2D eigenvalue weighted by atomic mass is 10.0. The van der Waals surface area contributed by atoms with Crippen molar-refractivity contribution in [3.05, 3.63) is 40.3 Å². The van der Waals surface area contributed by atoms with Gasteiger partial charge >= 0.3 is 0 Å². The molecule has 0 bridgehead atoms. The van der Waals surface area contributed by atoms with Gasteiger partial charge in [0.1, 0.15) is 16.7 Å². The van der Waals surface area contributed by atoms with Gasteiger partial charge in [-0.15, -0.1) is 0 Å². The van der Waals surface area contributed by atoms with Crippen LogP contribution >= 0.6 is 11.6 Å². The molecule has 2 aromatic rings. The number of H-pyrrole nitrogens is 1. The van der Waals surface area contributed by atoms with Crippen molar-refractivity contribution in [2.45, 2.75) is 25.8 Å². The van der Waals surface area contributed by atoms with E-state index in [1.165, 1.54) is 24.0 Å². The normalized spacial score (nSPS) is 14.0. The van der Waals surface area contributed by atoms with Crippen LogP contribution < -0.4 is 5.73 Å². The molecule has 4 heteroatoms. The lowest BCUT2D eigenvalue weighted by Crippen LogP contribution is -1.97. The molecule has 3 N–H and O–H groups in total. The predicted octanol–water partition coefficient (Wildman–Crippen LogP) is 2.68. The molecule has 3 nitrogen and oxygen atoms in total. The zero-order valence-electron chi connectivity index (χ0n) is 9.46. The average molecular weight is 248 g/mol. The molecule has 1 aliphatic rings. The average Bonchev–Trinajstić information content (AvgIpc) is 2.93. The van der Waals surface area contributed by atoms with E-state index in [1.54, 1.807) is 0 Å². The lowest BCUT2D eigenvalue weighted by Gasteiger charge is -2.02. The van der Waals surface area contributed by atoms with E-state index in [-0.39, 0.29) is 0 Å². The molecule has 1 aromatic heterocycles. The summed E-state index contributed by atoms with van der Waals surface area (Å²) in [6.45, 7) is 0.380. The molecule has 0 atom stereocenters. The molecule has 0 radical (unpaired) electrons. The molecular formula is C13H14ClN3. The maximum atomic E-state index is 6.14. The smallest absolute Gasteiger partial charge is 0.134 e. The van der Waals surface area contributed by atoms with Gasteiger partial charge in [-0.1, -0.05) is 23.7 Å². The van der Waals surface area contributed by atoms with Gasteiger partial charge in [-0.25, -0.2) is 4.98 Å². The van der Waals surface area contributed by atoms with Crippen molar-refractivity contribution in [3.8, 4) is 11.3 Å². The number of benzene rings is 1. The van der Waals surface area contributed by atoms with Crippen LogP contribution in [0.4, 0.5) is 0 Å². The van der Waals surface area contributed by atoms with Gasteiger partial charge in [-0.05, 0) is 36.5 Å². The predicted molar refractivity (Wildman–Crippen MR) is 69.0 cm³/mol. The molecule has 1 aromatic carbocycles. The van der Waals surface area contributed by atoms with Crippen LogP contribution in [0.1, 0.15) is 23.4 Å². The molecule has 0 unspecified atom stereocenters. The Morgan fingerprint density at radius 1 is 1.29 bits per heavy atom. The molecular weight excluding hydrogens is 234 g/mol. The largest absolute Gasteiger partial charge is 0.331 e. The van der Waals surface area contributed by atoms with Crippen LogP contribution in [0.3, 0.4) is 0 Å².